The summed E-state index contributed by atoms with van der Waals surface area (Å²) in [7, 11) is 0. The maximum atomic E-state index is 12.2. The first-order chi connectivity index (χ1) is 10.7. The highest BCUT2D eigenvalue weighted by Gasteiger charge is 2.37. The maximum Gasteiger partial charge on any atom is 0.410 e. The SMILES string of the molecule is CSCCCC(=O)N1CCN(C(=O)OC(C)(C)C)CC1C(=O)O. The molecule has 2 amide bonds. The Hall–Kier alpha value is -1.44. The van der Waals surface area contributed by atoms with E-state index < -0.39 is 23.7 Å². The second kappa shape index (κ2) is 8.42. The number of carbonyl (C=O) groups is 3. The van der Waals surface area contributed by atoms with Crippen molar-refractivity contribution in [1.29, 1.82) is 0 Å². The number of carboxylic acids is 1. The molecule has 1 rings (SSSR count). The van der Waals surface area contributed by atoms with Crippen LogP contribution in [-0.4, -0.2) is 76.2 Å². The molecule has 23 heavy (non-hydrogen) atoms. The maximum absolute atomic E-state index is 12.2. The zero-order valence-electron chi connectivity index (χ0n) is 14.2. The van der Waals surface area contributed by atoms with E-state index >= 15 is 0 Å². The van der Waals surface area contributed by atoms with E-state index in [1.807, 2.05) is 6.26 Å². The summed E-state index contributed by atoms with van der Waals surface area (Å²) in [6.45, 7) is 5.72. The molecule has 1 fully saturated rings. The minimum Gasteiger partial charge on any atom is -0.480 e. The van der Waals surface area contributed by atoms with Gasteiger partial charge in [-0.2, -0.15) is 11.8 Å². The predicted octanol–water partition coefficient (Wildman–Crippen LogP) is 1.66. The van der Waals surface area contributed by atoms with E-state index in [1.165, 1.54) is 9.80 Å². The first-order valence-electron chi connectivity index (χ1n) is 7.65. The summed E-state index contributed by atoms with van der Waals surface area (Å²) in [5.74, 6) is -0.409. The Morgan fingerprint density at radius 3 is 2.43 bits per heavy atom. The van der Waals surface area contributed by atoms with Gasteiger partial charge in [0.05, 0.1) is 6.54 Å². The molecule has 0 saturated carbocycles. The fourth-order valence-electron chi connectivity index (χ4n) is 2.30. The van der Waals surface area contributed by atoms with Crippen LogP contribution in [0.1, 0.15) is 33.6 Å². The third-order valence-corrected chi connectivity index (χ3v) is 4.07. The lowest BCUT2D eigenvalue weighted by Crippen LogP contribution is -2.59. The second-order valence-electron chi connectivity index (χ2n) is 6.46. The van der Waals surface area contributed by atoms with Crippen molar-refractivity contribution < 1.29 is 24.2 Å². The molecular formula is C15H26N2O5S. The van der Waals surface area contributed by atoms with Gasteiger partial charge in [-0.1, -0.05) is 0 Å². The van der Waals surface area contributed by atoms with Crippen LogP contribution < -0.4 is 0 Å². The van der Waals surface area contributed by atoms with E-state index in [1.54, 1.807) is 32.5 Å². The van der Waals surface area contributed by atoms with Crippen molar-refractivity contribution in [3.8, 4) is 0 Å². The Kier molecular flexibility index (Phi) is 7.18. The van der Waals surface area contributed by atoms with Crippen molar-refractivity contribution in [2.45, 2.75) is 45.3 Å². The Morgan fingerprint density at radius 2 is 1.91 bits per heavy atom. The monoisotopic (exact) mass is 346 g/mol. The summed E-state index contributed by atoms with van der Waals surface area (Å²) >= 11 is 1.65. The zero-order valence-corrected chi connectivity index (χ0v) is 15.0. The number of nitrogens with zero attached hydrogens (tertiary/aromatic N) is 2. The molecule has 0 spiro atoms. The zero-order chi connectivity index (χ0) is 17.6. The van der Waals surface area contributed by atoms with Gasteiger partial charge in [-0.3, -0.25) is 4.79 Å². The normalized spacial score (nSPS) is 18.7. The Morgan fingerprint density at radius 1 is 1.26 bits per heavy atom. The van der Waals surface area contributed by atoms with Gasteiger partial charge in [-0.15, -0.1) is 0 Å². The van der Waals surface area contributed by atoms with Crippen LogP contribution in [0.3, 0.4) is 0 Å². The Balaban J connectivity index is 2.69. The number of carbonyl (C=O) groups excluding carboxylic acids is 2. The number of rotatable bonds is 5. The minimum atomic E-state index is -1.10. The highest BCUT2D eigenvalue weighted by molar-refractivity contribution is 7.98. The van der Waals surface area contributed by atoms with Crippen LogP contribution in [0, 0.1) is 0 Å². The van der Waals surface area contributed by atoms with Crippen LogP contribution >= 0.6 is 11.8 Å². The minimum absolute atomic E-state index is 0.0431. The molecular weight excluding hydrogens is 320 g/mol. The average molecular weight is 346 g/mol. The standard InChI is InChI=1S/C15H26N2O5S/c1-15(2,3)22-14(21)16-7-8-17(11(10-16)13(19)20)12(18)6-5-9-23-4/h11H,5-10H2,1-4H3,(H,19,20). The van der Waals surface area contributed by atoms with Crippen LogP contribution in [0.2, 0.25) is 0 Å². The van der Waals surface area contributed by atoms with Crippen LogP contribution in [-0.2, 0) is 14.3 Å². The summed E-state index contributed by atoms with van der Waals surface area (Å²) < 4.78 is 5.27. The number of ether oxygens (including phenoxy) is 1. The molecule has 0 bridgehead atoms. The van der Waals surface area contributed by atoms with E-state index in [-0.39, 0.29) is 25.5 Å². The molecule has 8 heteroatoms. The third-order valence-electron chi connectivity index (χ3n) is 3.38. The van der Waals surface area contributed by atoms with Gasteiger partial charge in [0.1, 0.15) is 11.6 Å². The van der Waals surface area contributed by atoms with Crippen molar-refractivity contribution in [2.24, 2.45) is 0 Å². The second-order valence-corrected chi connectivity index (χ2v) is 7.45. The Bertz CT molecular complexity index is 450. The molecule has 1 heterocycles. The van der Waals surface area contributed by atoms with Crippen LogP contribution in [0.15, 0.2) is 0 Å². The molecule has 7 nitrogen and oxygen atoms in total. The number of aliphatic carboxylic acids is 1. The van der Waals surface area contributed by atoms with Gasteiger partial charge < -0.3 is 19.6 Å². The molecule has 0 aromatic carbocycles. The van der Waals surface area contributed by atoms with Crippen LogP contribution in [0.4, 0.5) is 4.79 Å². The highest BCUT2D eigenvalue weighted by atomic mass is 32.2. The van der Waals surface area contributed by atoms with Gasteiger partial charge in [-0.25, -0.2) is 9.59 Å². The quantitative estimate of drug-likeness (QED) is 0.762. The Labute approximate surface area is 141 Å². The van der Waals surface area contributed by atoms with E-state index in [0.29, 0.717) is 6.42 Å². The molecule has 0 aromatic heterocycles. The van der Waals surface area contributed by atoms with Gasteiger partial charge in [0.25, 0.3) is 0 Å². The van der Waals surface area contributed by atoms with Crippen LogP contribution in [0.25, 0.3) is 0 Å². The molecule has 1 aliphatic rings. The lowest BCUT2D eigenvalue weighted by atomic mass is 10.1. The molecule has 1 atom stereocenters. The van der Waals surface area contributed by atoms with Gasteiger partial charge in [0, 0.05) is 19.5 Å². The molecule has 132 valence electrons. The van der Waals surface area contributed by atoms with Crippen LogP contribution in [0.5, 0.6) is 0 Å². The van der Waals surface area contributed by atoms with Gasteiger partial charge in [-0.05, 0) is 39.2 Å². The number of hydrogen-bond acceptors (Lipinski definition) is 5. The summed E-state index contributed by atoms with van der Waals surface area (Å²) in [6.07, 6.45) is 2.47. The number of carboxylic acid groups (broad SMARTS) is 1. The molecule has 0 radical (unpaired) electrons. The lowest BCUT2D eigenvalue weighted by Gasteiger charge is -2.39. The fourth-order valence-corrected chi connectivity index (χ4v) is 2.73. The molecule has 0 aliphatic carbocycles. The fraction of sp³-hybridized carbons (Fsp3) is 0.800. The van der Waals surface area contributed by atoms with E-state index in [0.717, 1.165) is 12.2 Å². The number of piperazine rings is 1. The molecule has 1 N–H and O–H groups in total. The first kappa shape index (κ1) is 19.6. The van der Waals surface area contributed by atoms with Gasteiger partial charge in [0.15, 0.2) is 0 Å². The summed E-state index contributed by atoms with van der Waals surface area (Å²) in [6, 6.07) is -1.02. The topological polar surface area (TPSA) is 87.2 Å². The predicted molar refractivity (Wildman–Crippen MR) is 88.6 cm³/mol. The van der Waals surface area contributed by atoms with Crippen molar-refractivity contribution in [1.82, 2.24) is 9.80 Å². The number of thioether (sulfide) groups is 1. The largest absolute Gasteiger partial charge is 0.480 e. The lowest BCUT2D eigenvalue weighted by molar-refractivity contribution is -0.153. The number of amides is 2. The molecule has 1 unspecified atom stereocenters. The average Bonchev–Trinajstić information content (AvgIpc) is 2.44. The van der Waals surface area contributed by atoms with Gasteiger partial charge in [0.2, 0.25) is 5.91 Å². The van der Waals surface area contributed by atoms with E-state index in [9.17, 15) is 19.5 Å². The smallest absolute Gasteiger partial charge is 0.410 e. The first-order valence-corrected chi connectivity index (χ1v) is 9.04. The van der Waals surface area contributed by atoms with Crippen molar-refractivity contribution >= 4 is 29.7 Å². The van der Waals surface area contributed by atoms with Gasteiger partial charge >= 0.3 is 12.1 Å². The van der Waals surface area contributed by atoms with E-state index in [2.05, 4.69) is 0 Å². The molecule has 1 aliphatic heterocycles. The van der Waals surface area contributed by atoms with E-state index in [4.69, 9.17) is 4.74 Å². The summed E-state index contributed by atoms with van der Waals surface area (Å²) in [5, 5.41) is 9.38. The molecule has 0 aromatic rings. The summed E-state index contributed by atoms with van der Waals surface area (Å²) in [4.78, 5) is 38.5. The third kappa shape index (κ3) is 6.29. The molecule has 1 saturated heterocycles. The van der Waals surface area contributed by atoms with Crippen molar-refractivity contribution in [3.63, 3.8) is 0 Å². The highest BCUT2D eigenvalue weighted by Crippen LogP contribution is 2.17. The van der Waals surface area contributed by atoms with Crippen molar-refractivity contribution in [3.05, 3.63) is 0 Å². The van der Waals surface area contributed by atoms with Crippen molar-refractivity contribution in [2.75, 3.05) is 31.6 Å². The summed E-state index contributed by atoms with van der Waals surface area (Å²) in [5.41, 5.74) is -0.638. The number of hydrogen-bond donors (Lipinski definition) is 1.